The topological polar surface area (TPSA) is 72.1 Å². The van der Waals surface area contributed by atoms with Crippen molar-refractivity contribution in [3.05, 3.63) is 45.6 Å². The second kappa shape index (κ2) is 6.77. The third-order valence-corrected chi connectivity index (χ3v) is 5.25. The molecule has 0 aliphatic heterocycles. The van der Waals surface area contributed by atoms with Gasteiger partial charge in [0.25, 0.3) is 0 Å². The van der Waals surface area contributed by atoms with Gasteiger partial charge in [0.05, 0.1) is 25.4 Å². The van der Waals surface area contributed by atoms with Crippen LogP contribution >= 0.6 is 31.9 Å². The first-order valence-corrected chi connectivity index (χ1v) is 9.30. The van der Waals surface area contributed by atoms with Crippen molar-refractivity contribution >= 4 is 65.3 Å². The minimum atomic E-state index is 0.656. The molecule has 0 radical (unpaired) electrons. The van der Waals surface area contributed by atoms with Gasteiger partial charge in [-0.2, -0.15) is 0 Å². The summed E-state index contributed by atoms with van der Waals surface area (Å²) < 4.78 is 12.7. The first-order valence-electron chi connectivity index (χ1n) is 7.71. The quantitative estimate of drug-likeness (QED) is 0.412. The van der Waals surface area contributed by atoms with Gasteiger partial charge in [-0.3, -0.25) is 0 Å². The molecule has 0 aliphatic carbocycles. The maximum atomic E-state index is 5.41. The summed E-state index contributed by atoms with van der Waals surface area (Å²) in [7, 11) is 3.23. The van der Waals surface area contributed by atoms with Gasteiger partial charge in [-0.25, -0.2) is 9.97 Å². The van der Waals surface area contributed by atoms with Crippen LogP contribution in [0.25, 0.3) is 21.9 Å². The van der Waals surface area contributed by atoms with Crippen molar-refractivity contribution in [2.24, 2.45) is 0 Å². The Morgan fingerprint density at radius 1 is 1.00 bits per heavy atom. The van der Waals surface area contributed by atoms with Crippen molar-refractivity contribution in [2.75, 3.05) is 19.5 Å². The number of hydrogen-bond donors (Lipinski definition) is 2. The van der Waals surface area contributed by atoms with Crippen LogP contribution in [-0.4, -0.2) is 29.2 Å². The highest BCUT2D eigenvalue weighted by Crippen LogP contribution is 2.37. The smallest absolute Gasteiger partial charge is 0.162 e. The summed E-state index contributed by atoms with van der Waals surface area (Å²) in [5, 5.41) is 4.29. The predicted octanol–water partition coefficient (Wildman–Crippen LogP) is 5.40. The maximum absolute atomic E-state index is 5.41. The number of halogens is 2. The number of H-pyrrole nitrogens is 1. The van der Waals surface area contributed by atoms with Crippen LogP contribution in [0.4, 0.5) is 11.5 Å². The van der Waals surface area contributed by atoms with Gasteiger partial charge in [-0.05, 0) is 40.2 Å². The molecule has 0 saturated carbocycles. The molecule has 0 bridgehead atoms. The van der Waals surface area contributed by atoms with Crippen LogP contribution in [0.15, 0.2) is 45.6 Å². The van der Waals surface area contributed by atoms with E-state index in [1.54, 1.807) is 20.5 Å². The van der Waals surface area contributed by atoms with Crippen LogP contribution in [0.3, 0.4) is 0 Å². The molecule has 0 unspecified atom stereocenters. The van der Waals surface area contributed by atoms with E-state index in [1.807, 2.05) is 30.3 Å². The van der Waals surface area contributed by atoms with Gasteiger partial charge in [0.2, 0.25) is 0 Å². The number of anilines is 2. The maximum Gasteiger partial charge on any atom is 0.162 e. The van der Waals surface area contributed by atoms with E-state index in [2.05, 4.69) is 52.1 Å². The van der Waals surface area contributed by atoms with Crippen LogP contribution in [0.5, 0.6) is 11.5 Å². The van der Waals surface area contributed by atoms with Crippen molar-refractivity contribution < 1.29 is 9.47 Å². The average molecular weight is 478 g/mol. The van der Waals surface area contributed by atoms with Crippen molar-refractivity contribution in [2.45, 2.75) is 0 Å². The van der Waals surface area contributed by atoms with Gasteiger partial charge >= 0.3 is 0 Å². The number of benzene rings is 2. The van der Waals surface area contributed by atoms with E-state index in [1.165, 1.54) is 0 Å². The van der Waals surface area contributed by atoms with E-state index in [0.717, 1.165) is 36.6 Å². The molecule has 0 spiro atoms. The molecule has 2 N–H and O–H groups in total. The van der Waals surface area contributed by atoms with Crippen LogP contribution in [0.1, 0.15) is 0 Å². The van der Waals surface area contributed by atoms with E-state index in [-0.39, 0.29) is 0 Å². The number of aromatic amines is 1. The molecule has 0 fully saturated rings. The van der Waals surface area contributed by atoms with Gasteiger partial charge in [0.1, 0.15) is 17.4 Å². The zero-order valence-corrected chi connectivity index (χ0v) is 17.1. The third-order valence-electron chi connectivity index (χ3n) is 4.07. The van der Waals surface area contributed by atoms with Gasteiger partial charge in [-0.1, -0.05) is 15.9 Å². The zero-order valence-electron chi connectivity index (χ0n) is 13.9. The molecule has 2 heterocycles. The molecule has 0 aliphatic rings. The molecule has 0 saturated heterocycles. The first kappa shape index (κ1) is 17.1. The minimum Gasteiger partial charge on any atom is -0.493 e. The van der Waals surface area contributed by atoms with Crippen molar-refractivity contribution in [1.82, 2.24) is 15.0 Å². The Kier molecular flexibility index (Phi) is 4.46. The van der Waals surface area contributed by atoms with Crippen molar-refractivity contribution in [3.63, 3.8) is 0 Å². The van der Waals surface area contributed by atoms with Crippen molar-refractivity contribution in [1.29, 1.82) is 0 Å². The van der Waals surface area contributed by atoms with Gasteiger partial charge in [0.15, 0.2) is 17.3 Å². The molecule has 6 nitrogen and oxygen atoms in total. The lowest BCUT2D eigenvalue weighted by Gasteiger charge is -2.09. The fourth-order valence-electron chi connectivity index (χ4n) is 2.84. The molecule has 4 aromatic rings. The molecule has 2 aromatic carbocycles. The monoisotopic (exact) mass is 476 g/mol. The third kappa shape index (κ3) is 2.89. The number of nitrogens with one attached hydrogen (secondary N) is 2. The van der Waals surface area contributed by atoms with Crippen molar-refractivity contribution in [3.8, 4) is 11.5 Å². The number of nitrogens with zero attached hydrogens (tertiary/aromatic N) is 2. The minimum absolute atomic E-state index is 0.656. The molecule has 0 amide bonds. The lowest BCUT2D eigenvalue weighted by atomic mass is 10.2. The summed E-state index contributed by atoms with van der Waals surface area (Å²) >= 11 is 7.04. The van der Waals surface area contributed by atoms with Crippen LogP contribution in [0.2, 0.25) is 0 Å². The summed E-state index contributed by atoms with van der Waals surface area (Å²) in [6.07, 6.45) is 1.54. The number of methoxy groups -OCH3 is 2. The lowest BCUT2D eigenvalue weighted by molar-refractivity contribution is 0.356. The summed E-state index contributed by atoms with van der Waals surface area (Å²) in [4.78, 5) is 12.2. The summed E-state index contributed by atoms with van der Waals surface area (Å²) in [5.74, 6) is 2.00. The number of ether oxygens (including phenoxy) is 2. The number of fused-ring (bicyclic) bond motifs is 3. The second-order valence-corrected chi connectivity index (χ2v) is 7.34. The number of aromatic nitrogens is 3. The van der Waals surface area contributed by atoms with Gasteiger partial charge in [-0.15, -0.1) is 0 Å². The van der Waals surface area contributed by atoms with E-state index >= 15 is 0 Å². The van der Waals surface area contributed by atoms with E-state index in [4.69, 9.17) is 9.47 Å². The number of rotatable bonds is 4. The molecule has 132 valence electrons. The lowest BCUT2D eigenvalue weighted by Crippen LogP contribution is -1.96. The zero-order chi connectivity index (χ0) is 18.3. The Labute approximate surface area is 166 Å². The average Bonchev–Trinajstić information content (AvgIpc) is 3.02. The predicted molar refractivity (Wildman–Crippen MR) is 110 cm³/mol. The van der Waals surface area contributed by atoms with E-state index in [9.17, 15) is 0 Å². The summed E-state index contributed by atoms with van der Waals surface area (Å²) in [5.41, 5.74) is 3.41. The van der Waals surface area contributed by atoms with E-state index < -0.39 is 0 Å². The largest absolute Gasteiger partial charge is 0.493 e. The Hall–Kier alpha value is -2.32. The highest BCUT2D eigenvalue weighted by molar-refractivity contribution is 9.11. The number of hydrogen-bond acceptors (Lipinski definition) is 5. The normalized spacial score (nSPS) is 11.1. The molecule has 26 heavy (non-hydrogen) atoms. The Morgan fingerprint density at radius 2 is 1.77 bits per heavy atom. The Balaban J connectivity index is 1.90. The molecule has 8 heteroatoms. The summed E-state index contributed by atoms with van der Waals surface area (Å²) in [6.45, 7) is 0. The Morgan fingerprint density at radius 3 is 2.54 bits per heavy atom. The highest BCUT2D eigenvalue weighted by Gasteiger charge is 2.15. The molecular weight excluding hydrogens is 464 g/mol. The van der Waals surface area contributed by atoms with E-state index in [0.29, 0.717) is 17.3 Å². The van der Waals surface area contributed by atoms with Crippen LogP contribution < -0.4 is 14.8 Å². The Bertz CT molecular complexity index is 1130. The highest BCUT2D eigenvalue weighted by atomic mass is 79.9. The fraction of sp³-hybridized carbons (Fsp3) is 0.111. The van der Waals surface area contributed by atoms with Crippen LogP contribution in [0, 0.1) is 0 Å². The molecule has 4 rings (SSSR count). The SMILES string of the molecule is COc1cc2[nH]c3c(Nc4cc(Br)ccc4Br)ncnc3c2cc1OC. The molecule has 2 aromatic heterocycles. The second-order valence-electron chi connectivity index (χ2n) is 5.57. The first-order chi connectivity index (χ1) is 12.6. The van der Waals surface area contributed by atoms with Gasteiger partial charge in [0, 0.05) is 20.4 Å². The molecule has 0 atom stereocenters. The van der Waals surface area contributed by atoms with Crippen LogP contribution in [-0.2, 0) is 0 Å². The standard InChI is InChI=1S/C18H14Br2N4O2/c1-25-14-6-10-12(7-15(14)26-2)23-17-16(10)21-8-22-18(17)24-13-5-9(19)3-4-11(13)20/h3-8,23H,1-2H3,(H,21,22,24). The summed E-state index contributed by atoms with van der Waals surface area (Å²) in [6, 6.07) is 9.72. The fourth-order valence-corrected chi connectivity index (χ4v) is 3.54. The van der Waals surface area contributed by atoms with Gasteiger partial charge < -0.3 is 19.8 Å². The molecular formula is C18H14Br2N4O2.